The van der Waals surface area contributed by atoms with E-state index in [-0.39, 0.29) is 0 Å². The van der Waals surface area contributed by atoms with E-state index < -0.39 is 5.97 Å². The molecule has 25 heavy (non-hydrogen) atoms. The van der Waals surface area contributed by atoms with E-state index in [1.807, 2.05) is 6.92 Å². The number of esters is 1. The molecule has 0 saturated carbocycles. The first-order valence-electron chi connectivity index (χ1n) is 8.28. The number of nitrogens with one attached hydrogen (secondary N) is 2. The van der Waals surface area contributed by atoms with Gasteiger partial charge in [-0.1, -0.05) is 13.0 Å². The average molecular weight is 363 g/mol. The first-order valence-corrected chi connectivity index (χ1v) is 9.16. The number of thiophene rings is 1. The Morgan fingerprint density at radius 3 is 2.88 bits per heavy atom. The molecule has 7 heteroatoms. The Kier molecular flexibility index (Phi) is 7.06. The molecule has 2 aromatic heterocycles. The number of hydrogen-bond acceptors (Lipinski definition) is 5. The molecule has 0 bridgehead atoms. The predicted molar refractivity (Wildman–Crippen MR) is 100 cm³/mol. The maximum Gasteiger partial charge on any atom is 0.341 e. The maximum absolute atomic E-state index is 11.6. The highest BCUT2D eigenvalue weighted by Crippen LogP contribution is 2.19. The summed E-state index contributed by atoms with van der Waals surface area (Å²) in [6.45, 7) is 7.85. The lowest BCUT2D eigenvalue weighted by atomic mass is 10.1. The van der Waals surface area contributed by atoms with Gasteiger partial charge < -0.3 is 19.8 Å². The minimum Gasteiger partial charge on any atom is -0.465 e. The minimum absolute atomic E-state index is 0.348. The number of furan rings is 1. The van der Waals surface area contributed by atoms with Gasteiger partial charge in [0.05, 0.1) is 7.11 Å². The summed E-state index contributed by atoms with van der Waals surface area (Å²) in [4.78, 5) is 17.5. The molecule has 0 aromatic carbocycles. The van der Waals surface area contributed by atoms with Crippen molar-refractivity contribution >= 4 is 23.3 Å². The van der Waals surface area contributed by atoms with Gasteiger partial charge in [0.25, 0.3) is 0 Å². The van der Waals surface area contributed by atoms with Crippen molar-refractivity contribution in [3.05, 3.63) is 45.5 Å². The molecule has 1 atom stereocenters. The molecule has 2 aromatic rings. The fourth-order valence-corrected chi connectivity index (χ4v) is 3.14. The molecule has 0 amide bonds. The topological polar surface area (TPSA) is 75.9 Å². The zero-order valence-corrected chi connectivity index (χ0v) is 15.9. The van der Waals surface area contributed by atoms with Crippen LogP contribution >= 0.6 is 11.3 Å². The monoisotopic (exact) mass is 363 g/mol. The van der Waals surface area contributed by atoms with Crippen LogP contribution in [0.1, 0.15) is 46.5 Å². The van der Waals surface area contributed by atoms with Crippen molar-refractivity contribution in [1.29, 1.82) is 0 Å². The highest BCUT2D eigenvalue weighted by atomic mass is 32.1. The standard InChI is InChI=1S/C18H25N3O3S/c1-5-19-18(20-10-12(2)16-7-6-8-25-16)21-11-14-9-15(13(3)24-14)17(22)23-4/h6-9,12H,5,10-11H2,1-4H3,(H2,19,20,21). The van der Waals surface area contributed by atoms with Crippen molar-refractivity contribution in [1.82, 2.24) is 10.6 Å². The van der Waals surface area contributed by atoms with Crippen molar-refractivity contribution in [2.45, 2.75) is 33.2 Å². The van der Waals surface area contributed by atoms with Gasteiger partial charge in [0, 0.05) is 23.9 Å². The van der Waals surface area contributed by atoms with Crippen molar-refractivity contribution in [2.75, 3.05) is 20.2 Å². The molecule has 2 heterocycles. The quantitative estimate of drug-likeness (QED) is 0.448. The van der Waals surface area contributed by atoms with E-state index in [9.17, 15) is 4.79 Å². The van der Waals surface area contributed by atoms with E-state index in [2.05, 4.69) is 40.1 Å². The molecule has 0 radical (unpaired) electrons. The Morgan fingerprint density at radius 1 is 1.44 bits per heavy atom. The summed E-state index contributed by atoms with van der Waals surface area (Å²) in [6.07, 6.45) is 0. The van der Waals surface area contributed by atoms with Gasteiger partial charge in [0.1, 0.15) is 23.6 Å². The van der Waals surface area contributed by atoms with Crippen LogP contribution in [0.3, 0.4) is 0 Å². The fraction of sp³-hybridized carbons (Fsp3) is 0.444. The summed E-state index contributed by atoms with van der Waals surface area (Å²) < 4.78 is 10.3. The van der Waals surface area contributed by atoms with Crippen LogP contribution in [0.2, 0.25) is 0 Å². The molecule has 136 valence electrons. The maximum atomic E-state index is 11.6. The summed E-state index contributed by atoms with van der Waals surface area (Å²) in [5.74, 6) is 1.90. The number of carbonyl (C=O) groups excluding carboxylic acids is 1. The van der Waals surface area contributed by atoms with Gasteiger partial charge in [-0.3, -0.25) is 0 Å². The van der Waals surface area contributed by atoms with Crippen molar-refractivity contribution in [3.8, 4) is 0 Å². The molecule has 0 spiro atoms. The lowest BCUT2D eigenvalue weighted by Gasteiger charge is -2.14. The second kappa shape index (κ2) is 9.27. The molecule has 1 unspecified atom stereocenters. The number of guanidine groups is 1. The smallest absolute Gasteiger partial charge is 0.341 e. The highest BCUT2D eigenvalue weighted by molar-refractivity contribution is 7.10. The lowest BCUT2D eigenvalue weighted by Crippen LogP contribution is -2.39. The number of ether oxygens (including phenoxy) is 1. The van der Waals surface area contributed by atoms with E-state index in [0.717, 1.165) is 19.0 Å². The SMILES string of the molecule is CCNC(=NCc1cc(C(=O)OC)c(C)o1)NCC(C)c1cccs1. The van der Waals surface area contributed by atoms with E-state index in [4.69, 9.17) is 9.15 Å². The Hall–Kier alpha value is -2.28. The molecule has 0 fully saturated rings. The van der Waals surface area contributed by atoms with Crippen LogP contribution in [-0.4, -0.2) is 32.1 Å². The van der Waals surface area contributed by atoms with E-state index in [1.54, 1.807) is 24.3 Å². The van der Waals surface area contributed by atoms with Gasteiger partial charge >= 0.3 is 5.97 Å². The summed E-state index contributed by atoms with van der Waals surface area (Å²) in [5, 5.41) is 8.65. The molecular weight excluding hydrogens is 338 g/mol. The van der Waals surface area contributed by atoms with Crippen LogP contribution < -0.4 is 10.6 Å². The molecule has 0 aliphatic rings. The van der Waals surface area contributed by atoms with Gasteiger partial charge in [0.15, 0.2) is 5.96 Å². The Labute approximate surface area is 152 Å². The number of carbonyl (C=O) groups is 1. The average Bonchev–Trinajstić information content (AvgIpc) is 3.26. The first kappa shape index (κ1) is 19.1. The van der Waals surface area contributed by atoms with Gasteiger partial charge in [-0.25, -0.2) is 9.79 Å². The fourth-order valence-electron chi connectivity index (χ4n) is 2.35. The van der Waals surface area contributed by atoms with Crippen molar-refractivity contribution in [2.24, 2.45) is 4.99 Å². The second-order valence-corrected chi connectivity index (χ2v) is 6.65. The number of aliphatic imine (C=N–C) groups is 1. The third-order valence-corrected chi connectivity index (χ3v) is 4.82. The summed E-state index contributed by atoms with van der Waals surface area (Å²) >= 11 is 1.76. The molecular formula is C18H25N3O3S. The molecule has 6 nitrogen and oxygen atoms in total. The van der Waals surface area contributed by atoms with Crippen LogP contribution in [0.5, 0.6) is 0 Å². The van der Waals surface area contributed by atoms with Crippen LogP contribution in [-0.2, 0) is 11.3 Å². The van der Waals surface area contributed by atoms with Crippen LogP contribution in [0.25, 0.3) is 0 Å². The summed E-state index contributed by atoms with van der Waals surface area (Å²) in [5.41, 5.74) is 0.442. The number of rotatable bonds is 7. The summed E-state index contributed by atoms with van der Waals surface area (Å²) in [7, 11) is 1.36. The number of hydrogen-bond donors (Lipinski definition) is 2. The number of methoxy groups -OCH3 is 1. The normalized spacial score (nSPS) is 12.7. The third-order valence-electron chi connectivity index (χ3n) is 3.72. The van der Waals surface area contributed by atoms with Gasteiger partial charge in [-0.2, -0.15) is 0 Å². The minimum atomic E-state index is -0.397. The molecule has 2 rings (SSSR count). The lowest BCUT2D eigenvalue weighted by molar-refractivity contribution is 0.0599. The Balaban J connectivity index is 1.98. The molecule has 2 N–H and O–H groups in total. The number of aryl methyl sites for hydroxylation is 1. The van der Waals surface area contributed by atoms with Crippen LogP contribution in [0, 0.1) is 6.92 Å². The van der Waals surface area contributed by atoms with E-state index in [1.165, 1.54) is 12.0 Å². The van der Waals surface area contributed by atoms with Gasteiger partial charge in [0.2, 0.25) is 0 Å². The molecule has 0 aliphatic heterocycles. The molecule has 0 saturated heterocycles. The highest BCUT2D eigenvalue weighted by Gasteiger charge is 2.15. The van der Waals surface area contributed by atoms with Crippen LogP contribution in [0.15, 0.2) is 33.0 Å². The Morgan fingerprint density at radius 2 is 2.24 bits per heavy atom. The van der Waals surface area contributed by atoms with E-state index >= 15 is 0 Å². The zero-order chi connectivity index (χ0) is 18.2. The third kappa shape index (κ3) is 5.35. The summed E-state index contributed by atoms with van der Waals surface area (Å²) in [6, 6.07) is 5.89. The zero-order valence-electron chi connectivity index (χ0n) is 15.1. The molecule has 0 aliphatic carbocycles. The van der Waals surface area contributed by atoms with Crippen LogP contribution in [0.4, 0.5) is 0 Å². The Bertz CT molecular complexity index is 707. The first-order chi connectivity index (χ1) is 12.0. The van der Waals surface area contributed by atoms with E-state index in [0.29, 0.717) is 29.5 Å². The van der Waals surface area contributed by atoms with Gasteiger partial charge in [-0.05, 0) is 31.4 Å². The van der Waals surface area contributed by atoms with Gasteiger partial charge in [-0.15, -0.1) is 11.3 Å². The largest absolute Gasteiger partial charge is 0.465 e. The number of nitrogens with zero attached hydrogens (tertiary/aromatic N) is 1. The predicted octanol–water partition coefficient (Wildman–Crippen LogP) is 3.29. The van der Waals surface area contributed by atoms with Crippen molar-refractivity contribution in [3.63, 3.8) is 0 Å². The second-order valence-electron chi connectivity index (χ2n) is 5.67. The van der Waals surface area contributed by atoms with Crippen molar-refractivity contribution < 1.29 is 13.9 Å².